The fraction of sp³-hybridized carbons (Fsp3) is 0.923. The molecule has 2 aliphatic rings. The topological polar surface area (TPSA) is 72.3 Å². The van der Waals surface area contributed by atoms with E-state index in [0.29, 0.717) is 12.0 Å². The zero-order chi connectivity index (χ0) is 12.3. The lowest BCUT2D eigenvalue weighted by molar-refractivity contribution is -0.121. The van der Waals surface area contributed by atoms with Crippen LogP contribution < -0.4 is 11.5 Å². The van der Waals surface area contributed by atoms with Gasteiger partial charge in [-0.15, -0.1) is 0 Å². The van der Waals surface area contributed by atoms with Crippen LogP contribution in [0.15, 0.2) is 0 Å². The van der Waals surface area contributed by atoms with Gasteiger partial charge in [-0.2, -0.15) is 0 Å². The second-order valence-electron chi connectivity index (χ2n) is 5.58. The van der Waals surface area contributed by atoms with Gasteiger partial charge < -0.3 is 11.5 Å². The summed E-state index contributed by atoms with van der Waals surface area (Å²) in [6.45, 7) is 2.66. The van der Waals surface area contributed by atoms with Crippen molar-refractivity contribution in [2.75, 3.05) is 19.6 Å². The Morgan fingerprint density at radius 2 is 1.94 bits per heavy atom. The van der Waals surface area contributed by atoms with Crippen molar-refractivity contribution in [2.24, 2.45) is 23.3 Å². The Labute approximate surface area is 104 Å². The molecule has 4 nitrogen and oxygen atoms in total. The quantitative estimate of drug-likeness (QED) is 0.712. The maximum atomic E-state index is 11.2. The molecule has 0 radical (unpaired) electrons. The van der Waals surface area contributed by atoms with E-state index in [1.54, 1.807) is 0 Å². The van der Waals surface area contributed by atoms with Crippen LogP contribution in [0.4, 0.5) is 0 Å². The molecule has 98 valence electrons. The van der Waals surface area contributed by atoms with Crippen LogP contribution in [0.2, 0.25) is 0 Å². The van der Waals surface area contributed by atoms with Crippen molar-refractivity contribution in [2.45, 2.75) is 44.6 Å². The van der Waals surface area contributed by atoms with Crippen molar-refractivity contribution in [1.82, 2.24) is 4.90 Å². The van der Waals surface area contributed by atoms with Crippen LogP contribution >= 0.6 is 0 Å². The fourth-order valence-corrected chi connectivity index (χ4v) is 3.44. The van der Waals surface area contributed by atoms with E-state index in [1.807, 2.05) is 0 Å². The summed E-state index contributed by atoms with van der Waals surface area (Å²) < 4.78 is 0. The van der Waals surface area contributed by atoms with Crippen LogP contribution in [-0.4, -0.2) is 36.5 Å². The van der Waals surface area contributed by atoms with E-state index in [-0.39, 0.29) is 11.8 Å². The molecule has 0 aromatic heterocycles. The number of amides is 1. The molecular formula is C13H25N3O. The second-order valence-corrected chi connectivity index (χ2v) is 5.58. The zero-order valence-corrected chi connectivity index (χ0v) is 10.6. The minimum absolute atomic E-state index is 0.0664. The molecule has 1 saturated carbocycles. The van der Waals surface area contributed by atoms with Gasteiger partial charge in [-0.25, -0.2) is 0 Å². The number of primary amides is 1. The van der Waals surface area contributed by atoms with E-state index < -0.39 is 0 Å². The zero-order valence-electron chi connectivity index (χ0n) is 10.6. The Kier molecular flexibility index (Phi) is 4.40. The van der Waals surface area contributed by atoms with Gasteiger partial charge in [0.2, 0.25) is 5.91 Å². The number of nitrogens with zero attached hydrogens (tertiary/aromatic N) is 1. The molecule has 1 aliphatic heterocycles. The van der Waals surface area contributed by atoms with E-state index in [2.05, 4.69) is 4.90 Å². The number of likely N-dealkylation sites (tertiary alicyclic amines) is 1. The summed E-state index contributed by atoms with van der Waals surface area (Å²) in [6, 6.07) is 0.590. The summed E-state index contributed by atoms with van der Waals surface area (Å²) in [5.74, 6) is 0.547. The molecule has 1 amide bonds. The predicted molar refractivity (Wildman–Crippen MR) is 68.3 cm³/mol. The number of hydrogen-bond donors (Lipinski definition) is 2. The predicted octanol–water partition coefficient (Wildman–Crippen LogP) is 0.701. The van der Waals surface area contributed by atoms with Gasteiger partial charge in [0.25, 0.3) is 0 Å². The summed E-state index contributed by atoms with van der Waals surface area (Å²) in [4.78, 5) is 13.7. The Morgan fingerprint density at radius 3 is 2.59 bits per heavy atom. The number of nitrogens with two attached hydrogens (primary N) is 2. The van der Waals surface area contributed by atoms with Gasteiger partial charge >= 0.3 is 0 Å². The smallest absolute Gasteiger partial charge is 0.221 e. The SMILES string of the molecule is NCC1CCCCCC1N1CCC(C(N)=O)C1. The highest BCUT2D eigenvalue weighted by atomic mass is 16.1. The first kappa shape index (κ1) is 12.8. The molecule has 17 heavy (non-hydrogen) atoms. The van der Waals surface area contributed by atoms with Gasteiger partial charge in [0.15, 0.2) is 0 Å². The summed E-state index contributed by atoms with van der Waals surface area (Å²) in [5, 5.41) is 0. The lowest BCUT2D eigenvalue weighted by Gasteiger charge is -2.32. The molecule has 1 saturated heterocycles. The lowest BCUT2D eigenvalue weighted by Crippen LogP contribution is -2.42. The minimum Gasteiger partial charge on any atom is -0.369 e. The standard InChI is InChI=1S/C13H25N3O/c14-8-10-4-2-1-3-5-12(10)16-7-6-11(9-16)13(15)17/h10-12H,1-9,14H2,(H2,15,17). The van der Waals surface area contributed by atoms with Gasteiger partial charge in [0.1, 0.15) is 0 Å². The van der Waals surface area contributed by atoms with Crippen molar-refractivity contribution in [3.63, 3.8) is 0 Å². The Morgan fingerprint density at radius 1 is 1.18 bits per heavy atom. The molecular weight excluding hydrogens is 214 g/mol. The fourth-order valence-electron chi connectivity index (χ4n) is 3.44. The highest BCUT2D eigenvalue weighted by Gasteiger charge is 2.34. The number of carbonyl (C=O) groups is 1. The van der Waals surface area contributed by atoms with Crippen LogP contribution in [-0.2, 0) is 4.79 Å². The van der Waals surface area contributed by atoms with Gasteiger partial charge in [-0.05, 0) is 38.3 Å². The second kappa shape index (κ2) is 5.83. The Bertz CT molecular complexity index is 269. The molecule has 3 unspecified atom stereocenters. The molecule has 4 N–H and O–H groups in total. The van der Waals surface area contributed by atoms with Crippen molar-refractivity contribution in [3.8, 4) is 0 Å². The highest BCUT2D eigenvalue weighted by Crippen LogP contribution is 2.30. The maximum absolute atomic E-state index is 11.2. The average molecular weight is 239 g/mol. The third-order valence-electron chi connectivity index (χ3n) is 4.51. The number of hydrogen-bond acceptors (Lipinski definition) is 3. The Balaban J connectivity index is 1.97. The number of carbonyl (C=O) groups excluding carboxylic acids is 1. The van der Waals surface area contributed by atoms with Crippen molar-refractivity contribution < 1.29 is 4.79 Å². The molecule has 4 heteroatoms. The molecule has 0 spiro atoms. The third kappa shape index (κ3) is 2.99. The van der Waals surface area contributed by atoms with E-state index in [0.717, 1.165) is 26.1 Å². The van der Waals surface area contributed by atoms with Crippen LogP contribution in [0.5, 0.6) is 0 Å². The molecule has 2 rings (SSSR count). The highest BCUT2D eigenvalue weighted by molar-refractivity contribution is 5.77. The summed E-state index contributed by atoms with van der Waals surface area (Å²) in [6.07, 6.45) is 7.37. The monoisotopic (exact) mass is 239 g/mol. The lowest BCUT2D eigenvalue weighted by atomic mass is 9.93. The normalized spacial score (nSPS) is 35.7. The summed E-state index contributed by atoms with van der Waals surface area (Å²) in [5.41, 5.74) is 11.3. The molecule has 2 fully saturated rings. The van der Waals surface area contributed by atoms with Gasteiger partial charge in [-0.3, -0.25) is 9.69 Å². The number of rotatable bonds is 3. The first-order valence-corrected chi connectivity index (χ1v) is 6.95. The molecule has 0 aromatic carbocycles. The minimum atomic E-state index is -0.134. The van der Waals surface area contributed by atoms with Crippen LogP contribution in [0.1, 0.15) is 38.5 Å². The maximum Gasteiger partial charge on any atom is 0.221 e. The molecule has 1 heterocycles. The van der Waals surface area contributed by atoms with Crippen molar-refractivity contribution in [1.29, 1.82) is 0 Å². The average Bonchev–Trinajstić information content (AvgIpc) is 2.68. The van der Waals surface area contributed by atoms with Gasteiger partial charge in [0, 0.05) is 12.6 Å². The van der Waals surface area contributed by atoms with Gasteiger partial charge in [0.05, 0.1) is 5.92 Å². The molecule has 3 atom stereocenters. The third-order valence-corrected chi connectivity index (χ3v) is 4.51. The Hall–Kier alpha value is -0.610. The van der Waals surface area contributed by atoms with E-state index in [4.69, 9.17) is 11.5 Å². The van der Waals surface area contributed by atoms with Gasteiger partial charge in [-0.1, -0.05) is 19.3 Å². The summed E-state index contributed by atoms with van der Waals surface area (Å²) >= 11 is 0. The molecule has 1 aliphatic carbocycles. The van der Waals surface area contributed by atoms with E-state index in [1.165, 1.54) is 32.1 Å². The van der Waals surface area contributed by atoms with Crippen LogP contribution in [0, 0.1) is 11.8 Å². The molecule has 0 bridgehead atoms. The van der Waals surface area contributed by atoms with E-state index in [9.17, 15) is 4.79 Å². The first-order valence-electron chi connectivity index (χ1n) is 6.95. The van der Waals surface area contributed by atoms with Crippen molar-refractivity contribution >= 4 is 5.91 Å². The van der Waals surface area contributed by atoms with E-state index >= 15 is 0 Å². The molecule has 0 aromatic rings. The van der Waals surface area contributed by atoms with Crippen LogP contribution in [0.3, 0.4) is 0 Å². The summed E-state index contributed by atoms with van der Waals surface area (Å²) in [7, 11) is 0. The largest absolute Gasteiger partial charge is 0.369 e. The van der Waals surface area contributed by atoms with Crippen molar-refractivity contribution in [3.05, 3.63) is 0 Å². The first-order chi connectivity index (χ1) is 8.22. The van der Waals surface area contributed by atoms with Crippen LogP contribution in [0.25, 0.3) is 0 Å².